The zero-order valence-corrected chi connectivity index (χ0v) is 15.4. The van der Waals surface area contributed by atoms with Gasteiger partial charge in [0.1, 0.15) is 5.82 Å². The number of nitrogens with one attached hydrogen (secondary N) is 1. The maximum atomic E-state index is 12.0. The lowest BCUT2D eigenvalue weighted by Crippen LogP contribution is -2.15. The Morgan fingerprint density at radius 3 is 2.52 bits per heavy atom. The van der Waals surface area contributed by atoms with Crippen LogP contribution in [-0.4, -0.2) is 31.4 Å². The summed E-state index contributed by atoms with van der Waals surface area (Å²) in [4.78, 5) is 16.0. The van der Waals surface area contributed by atoms with Gasteiger partial charge >= 0.3 is 0 Å². The van der Waals surface area contributed by atoms with E-state index in [2.05, 4.69) is 20.5 Å². The van der Waals surface area contributed by atoms with Gasteiger partial charge in [0, 0.05) is 23.8 Å². The maximum Gasteiger partial charge on any atom is 0.236 e. The summed E-state index contributed by atoms with van der Waals surface area (Å²) in [5, 5.41) is 12.8. The van der Waals surface area contributed by atoms with Crippen LogP contribution < -0.4 is 5.32 Å². The summed E-state index contributed by atoms with van der Waals surface area (Å²) in [6.07, 6.45) is 1.48. The number of carbonyl (C=O) groups excluding carboxylic acids is 1. The molecule has 0 spiro atoms. The normalized spacial score (nSPS) is 10.7. The van der Waals surface area contributed by atoms with Gasteiger partial charge in [0.05, 0.1) is 10.8 Å². The third-order valence-electron chi connectivity index (χ3n) is 3.26. The lowest BCUT2D eigenvalue weighted by Gasteiger charge is -2.05. The Morgan fingerprint density at radius 2 is 1.84 bits per heavy atom. The first kappa shape index (κ1) is 17.7. The second kappa shape index (κ2) is 7.86. The highest BCUT2D eigenvalue weighted by Gasteiger charge is 2.13. The summed E-state index contributed by atoms with van der Waals surface area (Å²) in [7, 11) is 1.85. The van der Waals surface area contributed by atoms with Crippen molar-refractivity contribution in [1.82, 2.24) is 19.7 Å². The zero-order valence-electron chi connectivity index (χ0n) is 13.1. The quantitative estimate of drug-likeness (QED) is 0.665. The molecule has 0 fully saturated rings. The van der Waals surface area contributed by atoms with E-state index in [4.69, 9.17) is 23.2 Å². The lowest BCUT2D eigenvalue weighted by atomic mass is 10.2. The van der Waals surface area contributed by atoms with E-state index in [9.17, 15) is 4.79 Å². The van der Waals surface area contributed by atoms with E-state index in [1.165, 1.54) is 18.0 Å². The van der Waals surface area contributed by atoms with Crippen LogP contribution >= 0.6 is 35.0 Å². The molecule has 0 aliphatic rings. The van der Waals surface area contributed by atoms with Crippen molar-refractivity contribution in [2.75, 3.05) is 11.1 Å². The number of pyridine rings is 1. The van der Waals surface area contributed by atoms with Crippen LogP contribution in [-0.2, 0) is 11.8 Å². The number of aromatic nitrogens is 4. The van der Waals surface area contributed by atoms with Gasteiger partial charge in [0.2, 0.25) is 5.91 Å². The van der Waals surface area contributed by atoms with Gasteiger partial charge in [-0.25, -0.2) is 4.98 Å². The van der Waals surface area contributed by atoms with E-state index in [1.54, 1.807) is 24.3 Å². The highest BCUT2D eigenvalue weighted by atomic mass is 35.5. The smallest absolute Gasteiger partial charge is 0.236 e. The number of hydrogen-bond donors (Lipinski definition) is 1. The fourth-order valence-corrected chi connectivity index (χ4v) is 3.00. The summed E-state index contributed by atoms with van der Waals surface area (Å²) >= 11 is 13.0. The van der Waals surface area contributed by atoms with Crippen molar-refractivity contribution in [2.24, 2.45) is 7.05 Å². The van der Waals surface area contributed by atoms with Gasteiger partial charge in [0.25, 0.3) is 0 Å². The number of rotatable bonds is 5. The molecule has 9 heteroatoms. The molecule has 1 amide bonds. The van der Waals surface area contributed by atoms with Crippen LogP contribution in [0.25, 0.3) is 11.4 Å². The molecule has 25 heavy (non-hydrogen) atoms. The molecule has 3 rings (SSSR count). The van der Waals surface area contributed by atoms with Crippen molar-refractivity contribution in [2.45, 2.75) is 5.16 Å². The summed E-state index contributed by atoms with van der Waals surface area (Å²) in [6, 6.07) is 10.7. The molecule has 0 saturated heterocycles. The molecule has 0 saturated carbocycles. The Bertz CT molecular complexity index is 881. The minimum atomic E-state index is -0.184. The maximum absolute atomic E-state index is 12.0. The zero-order chi connectivity index (χ0) is 17.8. The minimum Gasteiger partial charge on any atom is -0.310 e. The van der Waals surface area contributed by atoms with E-state index >= 15 is 0 Å². The number of anilines is 1. The first-order chi connectivity index (χ1) is 12.0. The Hall–Kier alpha value is -2.09. The van der Waals surface area contributed by atoms with Crippen LogP contribution in [0.15, 0.2) is 47.8 Å². The van der Waals surface area contributed by atoms with Crippen molar-refractivity contribution >= 4 is 46.7 Å². The van der Waals surface area contributed by atoms with Crippen LogP contribution in [0.1, 0.15) is 0 Å². The Labute approximate surface area is 158 Å². The van der Waals surface area contributed by atoms with Crippen molar-refractivity contribution in [3.05, 3.63) is 52.6 Å². The third-order valence-corrected chi connectivity index (χ3v) is 4.76. The Kier molecular flexibility index (Phi) is 5.57. The van der Waals surface area contributed by atoms with Gasteiger partial charge in [-0.05, 0) is 36.4 Å². The summed E-state index contributed by atoms with van der Waals surface area (Å²) in [5.74, 6) is 1.17. The number of amides is 1. The molecule has 2 heterocycles. The topological polar surface area (TPSA) is 72.7 Å². The molecule has 6 nitrogen and oxygen atoms in total. The van der Waals surface area contributed by atoms with E-state index in [-0.39, 0.29) is 11.7 Å². The number of nitrogens with zero attached hydrogens (tertiary/aromatic N) is 4. The number of carbonyl (C=O) groups is 1. The van der Waals surface area contributed by atoms with Crippen LogP contribution in [0.2, 0.25) is 10.0 Å². The van der Waals surface area contributed by atoms with E-state index < -0.39 is 0 Å². The Balaban J connectivity index is 1.62. The van der Waals surface area contributed by atoms with Crippen molar-refractivity contribution < 1.29 is 4.79 Å². The first-order valence-corrected chi connectivity index (χ1v) is 8.96. The Morgan fingerprint density at radius 1 is 1.12 bits per heavy atom. The molecule has 0 bridgehead atoms. The van der Waals surface area contributed by atoms with Crippen molar-refractivity contribution in [1.29, 1.82) is 0 Å². The van der Waals surface area contributed by atoms with E-state index in [1.807, 2.05) is 23.7 Å². The monoisotopic (exact) mass is 393 g/mol. The molecule has 3 aromatic rings. The van der Waals surface area contributed by atoms with E-state index in [0.29, 0.717) is 26.8 Å². The minimum absolute atomic E-state index is 0.184. The highest BCUT2D eigenvalue weighted by molar-refractivity contribution is 7.99. The van der Waals surface area contributed by atoms with Crippen LogP contribution in [0, 0.1) is 0 Å². The average Bonchev–Trinajstić information content (AvgIpc) is 2.97. The number of thioether (sulfide) groups is 1. The van der Waals surface area contributed by atoms with Gasteiger partial charge in [-0.3, -0.25) is 4.79 Å². The fourth-order valence-electron chi connectivity index (χ4n) is 2.05. The molecule has 0 unspecified atom stereocenters. The van der Waals surface area contributed by atoms with E-state index in [0.717, 1.165) is 5.56 Å². The van der Waals surface area contributed by atoms with Gasteiger partial charge < -0.3 is 9.88 Å². The number of halogens is 2. The highest BCUT2D eigenvalue weighted by Crippen LogP contribution is 2.24. The summed E-state index contributed by atoms with van der Waals surface area (Å²) < 4.78 is 1.84. The second-order valence-electron chi connectivity index (χ2n) is 5.07. The summed E-state index contributed by atoms with van der Waals surface area (Å²) in [5.41, 5.74) is 0.904. The van der Waals surface area contributed by atoms with Crippen molar-refractivity contribution in [3.8, 4) is 11.4 Å². The largest absolute Gasteiger partial charge is 0.310 e. The third kappa shape index (κ3) is 4.50. The van der Waals surface area contributed by atoms with Crippen molar-refractivity contribution in [3.63, 3.8) is 0 Å². The molecule has 2 aromatic heterocycles. The molecular weight excluding hydrogens is 381 g/mol. The predicted molar refractivity (Wildman–Crippen MR) is 100 cm³/mol. The average molecular weight is 394 g/mol. The number of benzene rings is 1. The van der Waals surface area contributed by atoms with Crippen LogP contribution in [0.3, 0.4) is 0 Å². The fraction of sp³-hybridized carbons (Fsp3) is 0.125. The van der Waals surface area contributed by atoms with Gasteiger partial charge in [-0.1, -0.05) is 35.0 Å². The first-order valence-electron chi connectivity index (χ1n) is 7.22. The molecule has 1 N–H and O–H groups in total. The molecule has 0 atom stereocenters. The molecule has 0 aliphatic carbocycles. The lowest BCUT2D eigenvalue weighted by molar-refractivity contribution is -0.113. The summed E-state index contributed by atoms with van der Waals surface area (Å²) in [6.45, 7) is 0. The molecule has 0 aliphatic heterocycles. The predicted octanol–water partition coefficient (Wildman–Crippen LogP) is 3.91. The number of hydrogen-bond acceptors (Lipinski definition) is 5. The van der Waals surface area contributed by atoms with Gasteiger partial charge in [0.15, 0.2) is 11.0 Å². The molecular formula is C16H13Cl2N5OS. The SMILES string of the molecule is Cn1c(SCC(=O)Nc2ccc(Cl)cn2)nnc1-c1ccc(Cl)cc1. The van der Waals surface area contributed by atoms with Crippen LogP contribution in [0.4, 0.5) is 5.82 Å². The molecule has 128 valence electrons. The molecule has 1 aromatic carbocycles. The molecule has 0 radical (unpaired) electrons. The van der Waals surface area contributed by atoms with Crippen LogP contribution in [0.5, 0.6) is 0 Å². The van der Waals surface area contributed by atoms with Gasteiger partial charge in [-0.2, -0.15) is 0 Å². The van der Waals surface area contributed by atoms with Gasteiger partial charge in [-0.15, -0.1) is 10.2 Å². The standard InChI is InChI=1S/C16H13Cl2N5OS/c1-23-15(10-2-4-11(17)5-3-10)21-22-16(23)25-9-14(24)20-13-7-6-12(18)8-19-13/h2-8H,9H2,1H3,(H,19,20,24). The second-order valence-corrected chi connectivity index (χ2v) is 6.89.